The zero-order valence-corrected chi connectivity index (χ0v) is 11.7. The van der Waals surface area contributed by atoms with Gasteiger partial charge in [-0.15, -0.1) is 0 Å². The second-order valence-corrected chi connectivity index (χ2v) is 4.39. The summed E-state index contributed by atoms with van der Waals surface area (Å²) in [4.78, 5) is 15.2. The van der Waals surface area contributed by atoms with Gasteiger partial charge in [0.05, 0.1) is 18.6 Å². The Morgan fingerprint density at radius 1 is 1.27 bits per heavy atom. The Bertz CT molecular complexity index is 636. The Kier molecular flexibility index (Phi) is 4.79. The van der Waals surface area contributed by atoms with Crippen LogP contribution < -0.4 is 0 Å². The fourth-order valence-electron chi connectivity index (χ4n) is 1.72. The molecule has 8 heteroatoms. The highest BCUT2D eigenvalue weighted by molar-refractivity contribution is 5.69. The molecule has 0 radical (unpaired) electrons. The van der Waals surface area contributed by atoms with Crippen LogP contribution in [0.5, 0.6) is 0 Å². The maximum absolute atomic E-state index is 12.5. The van der Waals surface area contributed by atoms with Crippen molar-refractivity contribution in [2.24, 2.45) is 0 Å². The first kappa shape index (κ1) is 16.0. The molecule has 0 saturated carbocycles. The van der Waals surface area contributed by atoms with E-state index in [0.29, 0.717) is 12.2 Å². The quantitative estimate of drug-likeness (QED) is 0.793. The normalized spacial score (nSPS) is 11.5. The third kappa shape index (κ3) is 4.06. The maximum atomic E-state index is 12.5. The van der Waals surface area contributed by atoms with Gasteiger partial charge in [-0.05, 0) is 19.1 Å². The molecule has 0 aliphatic rings. The first-order valence-electron chi connectivity index (χ1n) is 6.56. The second-order valence-electron chi connectivity index (χ2n) is 4.39. The van der Waals surface area contributed by atoms with Gasteiger partial charge >= 0.3 is 12.1 Å². The number of carbonyl (C=O) groups excluding carboxylic acids is 1. The van der Waals surface area contributed by atoms with Crippen LogP contribution in [0.25, 0.3) is 11.4 Å². The van der Waals surface area contributed by atoms with Crippen LogP contribution in [-0.4, -0.2) is 22.7 Å². The number of nitrogens with zero attached hydrogens (tertiary/aromatic N) is 2. The average Bonchev–Trinajstić information content (AvgIpc) is 2.93. The average molecular weight is 314 g/mol. The molecule has 1 aromatic carbocycles. The van der Waals surface area contributed by atoms with Gasteiger partial charge in [0.2, 0.25) is 11.7 Å². The Labute approximate surface area is 124 Å². The monoisotopic (exact) mass is 314 g/mol. The molecule has 0 amide bonds. The van der Waals surface area contributed by atoms with Crippen LogP contribution in [0.3, 0.4) is 0 Å². The van der Waals surface area contributed by atoms with E-state index in [2.05, 4.69) is 10.1 Å². The van der Waals surface area contributed by atoms with E-state index in [9.17, 15) is 18.0 Å². The van der Waals surface area contributed by atoms with Crippen LogP contribution in [0, 0.1) is 0 Å². The summed E-state index contributed by atoms with van der Waals surface area (Å²) in [5.74, 6) is 0.0207. The minimum absolute atomic E-state index is 0.0997. The van der Waals surface area contributed by atoms with E-state index in [1.807, 2.05) is 0 Å². The minimum atomic E-state index is -4.39. The number of esters is 1. The van der Waals surface area contributed by atoms with E-state index >= 15 is 0 Å². The predicted molar refractivity (Wildman–Crippen MR) is 69.7 cm³/mol. The Hall–Kier alpha value is -2.38. The molecule has 0 fully saturated rings. The zero-order chi connectivity index (χ0) is 16.2. The standard InChI is InChI=1S/C14H13F3N2O3/c1-2-21-12(20)8-7-11-18-13(19-22-11)9-3-5-10(6-4-9)14(15,16)17/h3-6H,2,7-8H2,1H3. The Morgan fingerprint density at radius 2 is 1.95 bits per heavy atom. The van der Waals surface area contributed by atoms with Gasteiger partial charge in [0.1, 0.15) is 0 Å². The minimum Gasteiger partial charge on any atom is -0.466 e. The summed E-state index contributed by atoms with van der Waals surface area (Å²) < 4.78 is 47.1. The van der Waals surface area contributed by atoms with Crippen LogP contribution in [0.1, 0.15) is 24.8 Å². The number of halogens is 3. The fourth-order valence-corrected chi connectivity index (χ4v) is 1.72. The number of aromatic nitrogens is 2. The lowest BCUT2D eigenvalue weighted by Crippen LogP contribution is -2.05. The number of carbonyl (C=O) groups is 1. The molecule has 0 aliphatic heterocycles. The predicted octanol–water partition coefficient (Wildman–Crippen LogP) is 3.25. The molecule has 0 atom stereocenters. The molecule has 0 aliphatic carbocycles. The molecule has 1 aromatic heterocycles. The summed E-state index contributed by atoms with van der Waals surface area (Å²) >= 11 is 0. The topological polar surface area (TPSA) is 65.2 Å². The lowest BCUT2D eigenvalue weighted by Gasteiger charge is -2.05. The third-order valence-electron chi connectivity index (χ3n) is 2.79. The Morgan fingerprint density at radius 3 is 2.55 bits per heavy atom. The highest BCUT2D eigenvalue weighted by atomic mass is 19.4. The molecule has 2 aromatic rings. The van der Waals surface area contributed by atoms with Crippen molar-refractivity contribution in [1.29, 1.82) is 0 Å². The summed E-state index contributed by atoms with van der Waals surface area (Å²) in [6.45, 7) is 1.99. The molecule has 0 bridgehead atoms. The molecular weight excluding hydrogens is 301 g/mol. The summed E-state index contributed by atoms with van der Waals surface area (Å²) in [7, 11) is 0. The molecule has 2 rings (SSSR count). The van der Waals surface area contributed by atoms with Crippen molar-refractivity contribution >= 4 is 5.97 Å². The van der Waals surface area contributed by atoms with Crippen molar-refractivity contribution < 1.29 is 27.2 Å². The Balaban J connectivity index is 2.03. The van der Waals surface area contributed by atoms with Crippen LogP contribution in [-0.2, 0) is 22.1 Å². The number of hydrogen-bond acceptors (Lipinski definition) is 5. The van der Waals surface area contributed by atoms with Gasteiger partial charge < -0.3 is 9.26 Å². The third-order valence-corrected chi connectivity index (χ3v) is 2.79. The largest absolute Gasteiger partial charge is 0.466 e. The highest BCUT2D eigenvalue weighted by Crippen LogP contribution is 2.30. The van der Waals surface area contributed by atoms with Crippen LogP contribution in [0.15, 0.2) is 28.8 Å². The molecule has 22 heavy (non-hydrogen) atoms. The van der Waals surface area contributed by atoms with Crippen LogP contribution in [0.4, 0.5) is 13.2 Å². The van der Waals surface area contributed by atoms with Crippen molar-refractivity contribution in [1.82, 2.24) is 10.1 Å². The van der Waals surface area contributed by atoms with Gasteiger partial charge in [-0.3, -0.25) is 4.79 Å². The van der Waals surface area contributed by atoms with E-state index in [0.717, 1.165) is 12.1 Å². The van der Waals surface area contributed by atoms with Crippen LogP contribution >= 0.6 is 0 Å². The number of alkyl halides is 3. The lowest BCUT2D eigenvalue weighted by atomic mass is 10.1. The fraction of sp³-hybridized carbons (Fsp3) is 0.357. The second kappa shape index (κ2) is 6.59. The van der Waals surface area contributed by atoms with E-state index < -0.39 is 11.7 Å². The van der Waals surface area contributed by atoms with Gasteiger partial charge in [0.25, 0.3) is 0 Å². The van der Waals surface area contributed by atoms with E-state index in [1.165, 1.54) is 12.1 Å². The van der Waals surface area contributed by atoms with Gasteiger partial charge in [-0.1, -0.05) is 17.3 Å². The summed E-state index contributed by atoms with van der Waals surface area (Å²) in [5, 5.41) is 3.68. The van der Waals surface area contributed by atoms with E-state index in [-0.39, 0.29) is 30.5 Å². The SMILES string of the molecule is CCOC(=O)CCc1nc(-c2ccc(C(F)(F)F)cc2)no1. The molecular formula is C14H13F3N2O3. The smallest absolute Gasteiger partial charge is 0.416 e. The molecule has 118 valence electrons. The summed E-state index contributed by atoms with van der Waals surface area (Å²) in [6, 6.07) is 4.43. The number of rotatable bonds is 5. The first-order chi connectivity index (χ1) is 10.4. The highest BCUT2D eigenvalue weighted by Gasteiger charge is 2.30. The van der Waals surface area contributed by atoms with Gasteiger partial charge in [-0.2, -0.15) is 18.2 Å². The number of benzene rings is 1. The van der Waals surface area contributed by atoms with Crippen molar-refractivity contribution in [2.75, 3.05) is 6.61 Å². The molecule has 0 N–H and O–H groups in total. The maximum Gasteiger partial charge on any atom is 0.416 e. The van der Waals surface area contributed by atoms with E-state index in [4.69, 9.17) is 9.26 Å². The summed E-state index contributed by atoms with van der Waals surface area (Å²) in [5.41, 5.74) is -0.346. The van der Waals surface area contributed by atoms with E-state index in [1.54, 1.807) is 6.92 Å². The van der Waals surface area contributed by atoms with Crippen molar-refractivity contribution in [3.05, 3.63) is 35.7 Å². The molecule has 1 heterocycles. The molecule has 5 nitrogen and oxygen atoms in total. The molecule has 0 spiro atoms. The number of hydrogen-bond donors (Lipinski definition) is 0. The first-order valence-corrected chi connectivity index (χ1v) is 6.56. The van der Waals surface area contributed by atoms with Crippen molar-refractivity contribution in [3.8, 4) is 11.4 Å². The van der Waals surface area contributed by atoms with Crippen molar-refractivity contribution in [2.45, 2.75) is 25.9 Å². The summed E-state index contributed by atoms with van der Waals surface area (Å²) in [6.07, 6.45) is -4.07. The van der Waals surface area contributed by atoms with Crippen LogP contribution in [0.2, 0.25) is 0 Å². The number of ether oxygens (including phenoxy) is 1. The molecule has 0 unspecified atom stereocenters. The van der Waals surface area contributed by atoms with Crippen molar-refractivity contribution in [3.63, 3.8) is 0 Å². The molecule has 0 saturated heterocycles. The lowest BCUT2D eigenvalue weighted by molar-refractivity contribution is -0.143. The number of aryl methyl sites for hydroxylation is 1. The zero-order valence-electron chi connectivity index (χ0n) is 11.7. The van der Waals surface area contributed by atoms with Gasteiger partial charge in [0.15, 0.2) is 0 Å². The van der Waals surface area contributed by atoms with Gasteiger partial charge in [0, 0.05) is 12.0 Å². The van der Waals surface area contributed by atoms with Gasteiger partial charge in [-0.25, -0.2) is 0 Å².